The van der Waals surface area contributed by atoms with Gasteiger partial charge in [0.05, 0.1) is 19.7 Å². The van der Waals surface area contributed by atoms with Crippen LogP contribution >= 0.6 is 0 Å². The molecule has 0 spiro atoms. The molecular weight excluding hydrogens is 290 g/mol. The topological polar surface area (TPSA) is 90.7 Å². The molecule has 22 heavy (non-hydrogen) atoms. The van der Waals surface area contributed by atoms with Gasteiger partial charge in [0.1, 0.15) is 11.3 Å². The van der Waals surface area contributed by atoms with E-state index < -0.39 is 29.6 Å². The lowest BCUT2D eigenvalue weighted by Crippen LogP contribution is -2.51. The van der Waals surface area contributed by atoms with Gasteiger partial charge in [-0.1, -0.05) is 0 Å². The number of imide groups is 1. The summed E-state index contributed by atoms with van der Waals surface area (Å²) in [6, 6.07) is 0.887. The Balaban J connectivity index is 2.31. The molecule has 8 heteroatoms. The Hall–Kier alpha value is -2.38. The summed E-state index contributed by atoms with van der Waals surface area (Å²) in [7, 11) is 1.23. The SMILES string of the molecule is COC(=O)c1cc2n(n1)C[C@H](C)N(C(=O)OC(C)(C)C)C2=O. The molecule has 0 unspecified atom stereocenters. The van der Waals surface area contributed by atoms with Gasteiger partial charge in [0, 0.05) is 6.07 Å². The van der Waals surface area contributed by atoms with Gasteiger partial charge >= 0.3 is 12.1 Å². The van der Waals surface area contributed by atoms with Crippen molar-refractivity contribution in [2.45, 2.75) is 45.9 Å². The minimum Gasteiger partial charge on any atom is -0.464 e. The molecule has 1 aliphatic rings. The molecule has 2 amide bonds. The molecule has 0 N–H and O–H groups in total. The van der Waals surface area contributed by atoms with Gasteiger partial charge in [0.15, 0.2) is 5.69 Å². The van der Waals surface area contributed by atoms with Gasteiger partial charge in [-0.15, -0.1) is 0 Å². The fraction of sp³-hybridized carbons (Fsp3) is 0.571. The van der Waals surface area contributed by atoms with Crippen molar-refractivity contribution >= 4 is 18.0 Å². The highest BCUT2D eigenvalue weighted by Gasteiger charge is 2.38. The zero-order chi connectivity index (χ0) is 16.7. The van der Waals surface area contributed by atoms with Crippen molar-refractivity contribution in [3.8, 4) is 0 Å². The first-order chi connectivity index (χ1) is 10.1. The highest BCUT2D eigenvalue weighted by Crippen LogP contribution is 2.21. The first-order valence-electron chi connectivity index (χ1n) is 6.86. The van der Waals surface area contributed by atoms with Gasteiger partial charge in [-0.05, 0) is 27.7 Å². The van der Waals surface area contributed by atoms with Crippen molar-refractivity contribution in [2.24, 2.45) is 0 Å². The van der Waals surface area contributed by atoms with E-state index in [9.17, 15) is 14.4 Å². The van der Waals surface area contributed by atoms with Gasteiger partial charge in [0.2, 0.25) is 0 Å². The number of nitrogens with zero attached hydrogens (tertiary/aromatic N) is 3. The van der Waals surface area contributed by atoms with Gasteiger partial charge in [-0.2, -0.15) is 5.10 Å². The first-order valence-corrected chi connectivity index (χ1v) is 6.86. The number of hydrogen-bond donors (Lipinski definition) is 0. The molecule has 1 aliphatic heterocycles. The Morgan fingerprint density at radius 2 is 2.00 bits per heavy atom. The van der Waals surface area contributed by atoms with Crippen molar-refractivity contribution in [3.63, 3.8) is 0 Å². The third-order valence-electron chi connectivity index (χ3n) is 3.08. The molecule has 1 aromatic rings. The van der Waals surface area contributed by atoms with Crippen molar-refractivity contribution in [1.29, 1.82) is 0 Å². The predicted molar refractivity (Wildman–Crippen MR) is 75.4 cm³/mol. The fourth-order valence-electron chi connectivity index (χ4n) is 2.16. The van der Waals surface area contributed by atoms with Gasteiger partial charge in [-0.25, -0.2) is 14.5 Å². The molecule has 0 fully saturated rings. The smallest absolute Gasteiger partial charge is 0.417 e. The standard InChI is InChI=1S/C14H19N3O5/c1-8-7-16-10(6-9(15-16)12(19)21-5)11(18)17(8)13(20)22-14(2,3)4/h6,8H,7H2,1-5H3/t8-/m0/s1. The fourth-order valence-corrected chi connectivity index (χ4v) is 2.16. The number of methoxy groups -OCH3 is 1. The van der Waals surface area contributed by atoms with Crippen molar-refractivity contribution in [1.82, 2.24) is 14.7 Å². The summed E-state index contributed by atoms with van der Waals surface area (Å²) in [6.07, 6.45) is -0.711. The number of ether oxygens (including phenoxy) is 2. The van der Waals surface area contributed by atoms with E-state index >= 15 is 0 Å². The molecule has 0 aromatic carbocycles. The van der Waals surface area contributed by atoms with E-state index in [0.29, 0.717) is 0 Å². The lowest BCUT2D eigenvalue weighted by atomic mass is 10.2. The number of carbonyl (C=O) groups excluding carboxylic acids is 3. The van der Waals surface area contributed by atoms with Crippen molar-refractivity contribution in [2.75, 3.05) is 7.11 Å². The molecule has 0 saturated heterocycles. The summed E-state index contributed by atoms with van der Waals surface area (Å²) in [5.41, 5.74) is -0.514. The van der Waals surface area contributed by atoms with Crippen LogP contribution in [0.15, 0.2) is 6.07 Å². The van der Waals surface area contributed by atoms with Crippen LogP contribution in [0.4, 0.5) is 4.79 Å². The molecule has 1 aromatic heterocycles. The van der Waals surface area contributed by atoms with Gasteiger partial charge < -0.3 is 9.47 Å². The normalized spacial score (nSPS) is 18.0. The van der Waals surface area contributed by atoms with Crippen molar-refractivity contribution in [3.05, 3.63) is 17.5 Å². The van der Waals surface area contributed by atoms with Crippen LogP contribution in [0.2, 0.25) is 0 Å². The monoisotopic (exact) mass is 309 g/mol. The number of rotatable bonds is 1. The Morgan fingerprint density at radius 1 is 1.36 bits per heavy atom. The first kappa shape index (κ1) is 16.0. The van der Waals surface area contributed by atoms with Crippen LogP contribution in [0.25, 0.3) is 0 Å². The second kappa shape index (κ2) is 5.43. The third-order valence-corrected chi connectivity index (χ3v) is 3.08. The number of esters is 1. The summed E-state index contributed by atoms with van der Waals surface area (Å²) in [5, 5.41) is 4.03. The molecule has 0 saturated carbocycles. The molecular formula is C14H19N3O5. The molecule has 2 rings (SSSR count). The van der Waals surface area contributed by atoms with E-state index in [4.69, 9.17) is 4.74 Å². The number of hydrogen-bond acceptors (Lipinski definition) is 6. The highest BCUT2D eigenvalue weighted by molar-refractivity contribution is 6.04. The number of fused-ring (bicyclic) bond motifs is 1. The minimum absolute atomic E-state index is 0.0316. The van der Waals surface area contributed by atoms with E-state index in [1.165, 1.54) is 17.9 Å². The van der Waals surface area contributed by atoms with E-state index in [1.807, 2.05) is 0 Å². The van der Waals surface area contributed by atoms with E-state index in [0.717, 1.165) is 4.90 Å². The van der Waals surface area contributed by atoms with E-state index in [1.54, 1.807) is 27.7 Å². The zero-order valence-electron chi connectivity index (χ0n) is 13.2. The molecule has 2 heterocycles. The van der Waals surface area contributed by atoms with E-state index in [-0.39, 0.29) is 17.9 Å². The number of aromatic nitrogens is 2. The Kier molecular flexibility index (Phi) is 3.95. The minimum atomic E-state index is -0.711. The summed E-state index contributed by atoms with van der Waals surface area (Å²) >= 11 is 0. The maximum Gasteiger partial charge on any atom is 0.417 e. The second-order valence-electron chi connectivity index (χ2n) is 6.09. The zero-order valence-corrected chi connectivity index (χ0v) is 13.2. The van der Waals surface area contributed by atoms with Crippen LogP contribution in [-0.2, 0) is 16.0 Å². The summed E-state index contributed by atoms with van der Waals surface area (Å²) in [6.45, 7) is 7.18. The molecule has 0 aliphatic carbocycles. The van der Waals surface area contributed by atoms with Crippen LogP contribution < -0.4 is 0 Å². The van der Waals surface area contributed by atoms with Crippen LogP contribution in [0.1, 0.15) is 48.7 Å². The molecule has 120 valence electrons. The predicted octanol–water partition coefficient (Wildman–Crippen LogP) is 1.45. The van der Waals surface area contributed by atoms with E-state index in [2.05, 4.69) is 9.84 Å². The number of amides is 2. The largest absolute Gasteiger partial charge is 0.464 e. The summed E-state index contributed by atoms with van der Waals surface area (Å²) < 4.78 is 11.2. The molecule has 1 atom stereocenters. The maximum atomic E-state index is 12.5. The molecule has 0 bridgehead atoms. The Bertz CT molecular complexity index is 629. The van der Waals surface area contributed by atoms with Crippen LogP contribution in [0.3, 0.4) is 0 Å². The lowest BCUT2D eigenvalue weighted by molar-refractivity contribution is 0.0128. The lowest BCUT2D eigenvalue weighted by Gasteiger charge is -2.33. The quantitative estimate of drug-likeness (QED) is 0.729. The average molecular weight is 309 g/mol. The van der Waals surface area contributed by atoms with Crippen LogP contribution in [0.5, 0.6) is 0 Å². The summed E-state index contributed by atoms with van der Waals surface area (Å²) in [4.78, 5) is 37.2. The molecule has 0 radical (unpaired) electrons. The molecule has 8 nitrogen and oxygen atoms in total. The Labute approximate surface area is 128 Å². The Morgan fingerprint density at radius 3 is 2.55 bits per heavy atom. The van der Waals surface area contributed by atoms with Gasteiger partial charge in [-0.3, -0.25) is 9.48 Å². The maximum absolute atomic E-state index is 12.5. The third kappa shape index (κ3) is 2.95. The summed E-state index contributed by atoms with van der Waals surface area (Å²) in [5.74, 6) is -1.18. The highest BCUT2D eigenvalue weighted by atomic mass is 16.6. The number of carbonyl (C=O) groups is 3. The van der Waals surface area contributed by atoms with Crippen molar-refractivity contribution < 1.29 is 23.9 Å². The second-order valence-corrected chi connectivity index (χ2v) is 6.09. The average Bonchev–Trinajstić information content (AvgIpc) is 2.79. The van der Waals surface area contributed by atoms with Gasteiger partial charge in [0.25, 0.3) is 5.91 Å². The van der Waals surface area contributed by atoms with Crippen LogP contribution in [-0.4, -0.2) is 51.4 Å². The van der Waals surface area contributed by atoms with Crippen LogP contribution in [0, 0.1) is 0 Å².